The van der Waals surface area contributed by atoms with Crippen LogP contribution in [0.2, 0.25) is 0 Å². The Morgan fingerprint density at radius 1 is 1.17 bits per heavy atom. The average molecular weight is 476 g/mol. The maximum Gasteiger partial charge on any atom is 0.324 e. The average Bonchev–Trinajstić information content (AvgIpc) is 2.78. The van der Waals surface area contributed by atoms with Gasteiger partial charge in [0.15, 0.2) is 0 Å². The number of methoxy groups -OCH3 is 1. The standard InChI is InChI=1S/C22H26BrN3O4/c1-29-22(28)19(26-11-3-2-4-12-26)14-25-21(27)17-5-7-18(8-6-17)30-15-16-9-10-24-20(23)13-16/h5-10,13,19H,2-4,11-12,14-15H2,1H3,(H,25,27). The van der Waals surface area contributed by atoms with Gasteiger partial charge in [-0.25, -0.2) is 4.98 Å². The molecule has 7 nitrogen and oxygen atoms in total. The second-order valence-corrected chi connectivity index (χ2v) is 7.96. The van der Waals surface area contributed by atoms with Gasteiger partial charge in [0.2, 0.25) is 0 Å². The lowest BCUT2D eigenvalue weighted by Gasteiger charge is -2.32. The Morgan fingerprint density at radius 2 is 1.90 bits per heavy atom. The molecular formula is C22H26BrN3O4. The van der Waals surface area contributed by atoms with Crippen molar-refractivity contribution >= 4 is 27.8 Å². The van der Waals surface area contributed by atoms with Crippen LogP contribution >= 0.6 is 15.9 Å². The van der Waals surface area contributed by atoms with Gasteiger partial charge in [-0.05, 0) is 83.8 Å². The summed E-state index contributed by atoms with van der Waals surface area (Å²) >= 11 is 3.33. The number of hydrogen-bond donors (Lipinski definition) is 1. The first-order valence-corrected chi connectivity index (χ1v) is 10.8. The summed E-state index contributed by atoms with van der Waals surface area (Å²) in [5.41, 5.74) is 1.50. The van der Waals surface area contributed by atoms with E-state index in [0.29, 0.717) is 17.9 Å². The van der Waals surface area contributed by atoms with Gasteiger partial charge in [0.05, 0.1) is 7.11 Å². The van der Waals surface area contributed by atoms with Crippen LogP contribution in [0.25, 0.3) is 0 Å². The number of hydrogen-bond acceptors (Lipinski definition) is 6. The molecule has 0 spiro atoms. The number of ether oxygens (including phenoxy) is 2. The Morgan fingerprint density at radius 3 is 2.57 bits per heavy atom. The molecule has 1 fully saturated rings. The number of pyridine rings is 1. The highest BCUT2D eigenvalue weighted by Gasteiger charge is 2.28. The van der Waals surface area contributed by atoms with Crippen LogP contribution in [0, 0.1) is 0 Å². The maximum atomic E-state index is 12.5. The van der Waals surface area contributed by atoms with Gasteiger partial charge < -0.3 is 14.8 Å². The molecule has 0 aliphatic carbocycles. The van der Waals surface area contributed by atoms with E-state index in [1.807, 2.05) is 12.1 Å². The van der Waals surface area contributed by atoms with E-state index in [9.17, 15) is 9.59 Å². The fourth-order valence-corrected chi connectivity index (χ4v) is 3.83. The fourth-order valence-electron chi connectivity index (χ4n) is 3.42. The van der Waals surface area contributed by atoms with Gasteiger partial charge in [-0.1, -0.05) is 6.42 Å². The van der Waals surface area contributed by atoms with Gasteiger partial charge in [-0.15, -0.1) is 0 Å². The van der Waals surface area contributed by atoms with Crippen molar-refractivity contribution in [2.45, 2.75) is 31.9 Å². The molecule has 1 aliphatic heterocycles. The van der Waals surface area contributed by atoms with E-state index < -0.39 is 6.04 Å². The van der Waals surface area contributed by atoms with Crippen LogP contribution in [0.4, 0.5) is 0 Å². The van der Waals surface area contributed by atoms with Crippen LogP contribution in [0.3, 0.4) is 0 Å². The summed E-state index contributed by atoms with van der Waals surface area (Å²) in [5, 5.41) is 2.86. The molecule has 3 rings (SSSR count). The molecule has 0 radical (unpaired) electrons. The van der Waals surface area contributed by atoms with Gasteiger partial charge >= 0.3 is 5.97 Å². The van der Waals surface area contributed by atoms with E-state index >= 15 is 0 Å². The van der Waals surface area contributed by atoms with E-state index in [-0.39, 0.29) is 18.4 Å². The first-order valence-electron chi connectivity index (χ1n) is 10.00. The summed E-state index contributed by atoms with van der Waals surface area (Å²) in [6.07, 6.45) is 4.99. The van der Waals surface area contributed by atoms with Crippen molar-refractivity contribution in [1.82, 2.24) is 15.2 Å². The van der Waals surface area contributed by atoms with Crippen LogP contribution in [-0.2, 0) is 16.1 Å². The zero-order valence-corrected chi connectivity index (χ0v) is 18.6. The molecule has 8 heteroatoms. The second-order valence-electron chi connectivity index (χ2n) is 7.15. The SMILES string of the molecule is COC(=O)C(CNC(=O)c1ccc(OCc2ccnc(Br)c2)cc1)N1CCCCC1. The zero-order valence-electron chi connectivity index (χ0n) is 17.0. The molecule has 2 aromatic rings. The lowest BCUT2D eigenvalue weighted by Crippen LogP contribution is -2.50. The molecule has 1 aliphatic rings. The summed E-state index contributed by atoms with van der Waals surface area (Å²) in [7, 11) is 1.38. The maximum absolute atomic E-state index is 12.5. The molecule has 1 aromatic carbocycles. The lowest BCUT2D eigenvalue weighted by atomic mass is 10.1. The predicted octanol–water partition coefficient (Wildman–Crippen LogP) is 3.18. The summed E-state index contributed by atoms with van der Waals surface area (Å²) in [6.45, 7) is 2.31. The topological polar surface area (TPSA) is 80.8 Å². The number of amides is 1. The highest BCUT2D eigenvalue weighted by atomic mass is 79.9. The van der Waals surface area contributed by atoms with Crippen molar-refractivity contribution in [3.8, 4) is 5.75 Å². The number of aromatic nitrogens is 1. The number of nitrogens with zero attached hydrogens (tertiary/aromatic N) is 2. The normalized spacial score (nSPS) is 15.3. The largest absolute Gasteiger partial charge is 0.489 e. The monoisotopic (exact) mass is 475 g/mol. The summed E-state index contributed by atoms with van der Waals surface area (Å²) in [5.74, 6) is 0.120. The van der Waals surface area contributed by atoms with Gasteiger partial charge in [0, 0.05) is 18.3 Å². The van der Waals surface area contributed by atoms with Crippen LogP contribution in [0.5, 0.6) is 5.75 Å². The molecule has 1 unspecified atom stereocenters. The van der Waals surface area contributed by atoms with E-state index in [1.54, 1.807) is 30.5 Å². The number of carbonyl (C=O) groups excluding carboxylic acids is 2. The molecule has 160 valence electrons. The highest BCUT2D eigenvalue weighted by Crippen LogP contribution is 2.16. The predicted molar refractivity (Wildman–Crippen MR) is 116 cm³/mol. The fraction of sp³-hybridized carbons (Fsp3) is 0.409. The van der Waals surface area contributed by atoms with Gasteiger partial charge in [-0.3, -0.25) is 14.5 Å². The van der Waals surface area contributed by atoms with Crippen molar-refractivity contribution in [2.24, 2.45) is 0 Å². The van der Waals surface area contributed by atoms with Crippen molar-refractivity contribution < 1.29 is 19.1 Å². The third kappa shape index (κ3) is 6.27. The molecule has 2 heterocycles. The summed E-state index contributed by atoms with van der Waals surface area (Å²) in [4.78, 5) is 30.9. The van der Waals surface area contributed by atoms with Crippen molar-refractivity contribution in [3.05, 3.63) is 58.3 Å². The number of carbonyl (C=O) groups is 2. The van der Waals surface area contributed by atoms with Crippen molar-refractivity contribution in [3.63, 3.8) is 0 Å². The van der Waals surface area contributed by atoms with Crippen molar-refractivity contribution in [1.29, 1.82) is 0 Å². The molecule has 1 atom stereocenters. The smallest absolute Gasteiger partial charge is 0.324 e. The summed E-state index contributed by atoms with van der Waals surface area (Å²) < 4.78 is 11.4. The van der Waals surface area contributed by atoms with E-state index in [0.717, 1.165) is 36.1 Å². The van der Waals surface area contributed by atoms with Gasteiger partial charge in [-0.2, -0.15) is 0 Å². The van der Waals surface area contributed by atoms with E-state index in [4.69, 9.17) is 9.47 Å². The number of piperidine rings is 1. The Bertz CT molecular complexity index is 854. The molecule has 0 saturated carbocycles. The van der Waals surface area contributed by atoms with Crippen LogP contribution in [0.1, 0.15) is 35.2 Å². The zero-order chi connectivity index (χ0) is 21.3. The Balaban J connectivity index is 1.53. The Kier molecular flexibility index (Phi) is 8.21. The number of likely N-dealkylation sites (tertiary alicyclic amines) is 1. The molecule has 1 N–H and O–H groups in total. The second kappa shape index (κ2) is 11.1. The van der Waals surface area contributed by atoms with Crippen LogP contribution in [-0.4, -0.2) is 54.5 Å². The third-order valence-corrected chi connectivity index (χ3v) is 5.51. The minimum Gasteiger partial charge on any atom is -0.489 e. The minimum absolute atomic E-state index is 0.223. The number of esters is 1. The molecular weight excluding hydrogens is 450 g/mol. The molecule has 0 bridgehead atoms. The minimum atomic E-state index is -0.457. The Hall–Kier alpha value is -2.45. The van der Waals surface area contributed by atoms with E-state index in [2.05, 4.69) is 31.1 Å². The lowest BCUT2D eigenvalue weighted by molar-refractivity contribution is -0.147. The highest BCUT2D eigenvalue weighted by molar-refractivity contribution is 9.10. The number of nitrogens with one attached hydrogen (secondary N) is 1. The van der Waals surface area contributed by atoms with Crippen LogP contribution < -0.4 is 10.1 Å². The van der Waals surface area contributed by atoms with Crippen molar-refractivity contribution in [2.75, 3.05) is 26.7 Å². The third-order valence-electron chi connectivity index (χ3n) is 5.07. The van der Waals surface area contributed by atoms with E-state index in [1.165, 1.54) is 13.5 Å². The van der Waals surface area contributed by atoms with Crippen LogP contribution in [0.15, 0.2) is 47.2 Å². The van der Waals surface area contributed by atoms with Gasteiger partial charge in [0.1, 0.15) is 23.0 Å². The molecule has 1 saturated heterocycles. The number of rotatable bonds is 8. The Labute approximate surface area is 184 Å². The first kappa shape index (κ1) is 22.2. The molecule has 30 heavy (non-hydrogen) atoms. The molecule has 1 aromatic heterocycles. The molecule has 1 amide bonds. The van der Waals surface area contributed by atoms with Gasteiger partial charge in [0.25, 0.3) is 5.91 Å². The number of halogens is 1. The number of benzene rings is 1. The summed E-state index contributed by atoms with van der Waals surface area (Å²) in [6, 6.07) is 10.2. The first-order chi connectivity index (χ1) is 14.6. The quantitative estimate of drug-likeness (QED) is 0.466.